The Morgan fingerprint density at radius 3 is 2.31 bits per heavy atom. The van der Waals surface area contributed by atoms with Gasteiger partial charge in [-0.25, -0.2) is 4.39 Å². The maximum Gasteiger partial charge on any atom is 0.416 e. The van der Waals surface area contributed by atoms with Crippen molar-refractivity contribution >= 4 is 17.7 Å². The van der Waals surface area contributed by atoms with Gasteiger partial charge in [-0.2, -0.15) is 13.2 Å². The zero-order valence-electron chi connectivity index (χ0n) is 14.7. The minimum atomic E-state index is -4.55. The number of rotatable bonds is 6. The molecule has 29 heavy (non-hydrogen) atoms. The Balaban J connectivity index is 1.73. The molecule has 0 spiro atoms. The van der Waals surface area contributed by atoms with E-state index in [1.807, 2.05) is 10.9 Å². The van der Waals surface area contributed by atoms with Crippen LogP contribution in [0.25, 0.3) is 0 Å². The maximum absolute atomic E-state index is 13.4. The number of ether oxygens (including phenoxy) is 1. The predicted octanol–water partition coefficient (Wildman–Crippen LogP) is 1.80. The number of carbonyl (C=O) groups is 3. The lowest BCUT2D eigenvalue weighted by molar-refractivity contribution is -0.137. The predicted molar refractivity (Wildman–Crippen MR) is 92.0 cm³/mol. The monoisotopic (exact) mass is 413 g/mol. The molecule has 0 saturated carbocycles. The molecule has 0 radical (unpaired) electrons. The highest BCUT2D eigenvalue weighted by Crippen LogP contribution is 2.31. The van der Waals surface area contributed by atoms with Crippen molar-refractivity contribution < 1.29 is 36.7 Å². The van der Waals surface area contributed by atoms with E-state index in [9.17, 15) is 31.9 Å². The van der Waals surface area contributed by atoms with Gasteiger partial charge >= 0.3 is 6.18 Å². The van der Waals surface area contributed by atoms with Gasteiger partial charge in [0.2, 0.25) is 0 Å². The molecular formula is C18H15F4N3O4. The second-order valence-corrected chi connectivity index (χ2v) is 5.57. The van der Waals surface area contributed by atoms with Crippen molar-refractivity contribution in [2.45, 2.75) is 6.18 Å². The molecule has 2 aromatic carbocycles. The summed E-state index contributed by atoms with van der Waals surface area (Å²) in [5.41, 5.74) is 2.74. The van der Waals surface area contributed by atoms with Gasteiger partial charge in [0.05, 0.1) is 17.7 Å². The van der Waals surface area contributed by atoms with E-state index in [1.54, 1.807) is 0 Å². The van der Waals surface area contributed by atoms with Crippen LogP contribution in [0.2, 0.25) is 0 Å². The SMILES string of the molecule is O=C(CNC(=O)c1ccccc1F)NNC(=O)COc1cccc(C(F)(F)F)c1. The molecule has 0 aliphatic carbocycles. The number of nitrogens with one attached hydrogen (secondary N) is 3. The van der Waals surface area contributed by atoms with Gasteiger partial charge in [0.15, 0.2) is 6.61 Å². The van der Waals surface area contributed by atoms with Gasteiger partial charge in [-0.3, -0.25) is 25.2 Å². The Morgan fingerprint density at radius 1 is 0.931 bits per heavy atom. The fourth-order valence-corrected chi connectivity index (χ4v) is 2.03. The quantitative estimate of drug-likeness (QED) is 0.497. The molecule has 3 amide bonds. The smallest absolute Gasteiger partial charge is 0.416 e. The van der Waals surface area contributed by atoms with Crippen LogP contribution in [0.4, 0.5) is 17.6 Å². The lowest BCUT2D eigenvalue weighted by Crippen LogP contribution is -2.47. The summed E-state index contributed by atoms with van der Waals surface area (Å²) in [6.07, 6.45) is -4.55. The summed E-state index contributed by atoms with van der Waals surface area (Å²) < 4.78 is 56.2. The summed E-state index contributed by atoms with van der Waals surface area (Å²) in [5, 5.41) is 2.16. The highest BCUT2D eigenvalue weighted by Gasteiger charge is 2.30. The molecule has 0 unspecified atom stereocenters. The Kier molecular flexibility index (Phi) is 7.12. The van der Waals surface area contributed by atoms with Gasteiger partial charge < -0.3 is 10.1 Å². The third kappa shape index (κ3) is 6.79. The molecule has 0 heterocycles. The largest absolute Gasteiger partial charge is 0.484 e. The summed E-state index contributed by atoms with van der Waals surface area (Å²) >= 11 is 0. The molecule has 0 atom stereocenters. The Bertz CT molecular complexity index is 903. The summed E-state index contributed by atoms with van der Waals surface area (Å²) in [7, 11) is 0. The first-order valence-electron chi connectivity index (χ1n) is 8.07. The fraction of sp³-hybridized carbons (Fsp3) is 0.167. The molecule has 0 aliphatic heterocycles. The summed E-state index contributed by atoms with van der Waals surface area (Å²) in [6.45, 7) is -1.22. The zero-order chi connectivity index (χ0) is 21.4. The van der Waals surface area contributed by atoms with Crippen molar-refractivity contribution in [3.8, 4) is 5.75 Å². The van der Waals surface area contributed by atoms with Crippen molar-refractivity contribution in [1.82, 2.24) is 16.2 Å². The average Bonchev–Trinajstić information content (AvgIpc) is 2.68. The van der Waals surface area contributed by atoms with E-state index in [1.165, 1.54) is 24.3 Å². The molecular weight excluding hydrogens is 398 g/mol. The Hall–Kier alpha value is -3.63. The molecule has 3 N–H and O–H groups in total. The van der Waals surface area contributed by atoms with Gasteiger partial charge in [0.25, 0.3) is 17.7 Å². The van der Waals surface area contributed by atoms with Crippen LogP contribution < -0.4 is 20.9 Å². The van der Waals surface area contributed by atoms with Gasteiger partial charge in [0, 0.05) is 0 Å². The first-order valence-corrected chi connectivity index (χ1v) is 8.07. The summed E-state index contributed by atoms with van der Waals surface area (Å²) in [5.74, 6) is -3.43. The van der Waals surface area contributed by atoms with Crippen molar-refractivity contribution in [2.24, 2.45) is 0 Å². The third-order valence-electron chi connectivity index (χ3n) is 3.40. The summed E-state index contributed by atoms with van der Waals surface area (Å²) in [6, 6.07) is 9.09. The Morgan fingerprint density at radius 2 is 1.62 bits per heavy atom. The van der Waals surface area contributed by atoms with Gasteiger partial charge in [-0.05, 0) is 30.3 Å². The highest BCUT2D eigenvalue weighted by atomic mass is 19.4. The van der Waals surface area contributed by atoms with Crippen molar-refractivity contribution in [3.63, 3.8) is 0 Å². The third-order valence-corrected chi connectivity index (χ3v) is 3.40. The number of hydrogen-bond acceptors (Lipinski definition) is 4. The van der Waals surface area contributed by atoms with E-state index < -0.39 is 48.4 Å². The average molecular weight is 413 g/mol. The molecule has 7 nitrogen and oxygen atoms in total. The standard InChI is InChI=1S/C18H15F4N3O4/c19-14-7-2-1-6-13(14)17(28)23-9-15(26)24-25-16(27)10-29-12-5-3-4-11(8-12)18(20,21)22/h1-8H,9-10H2,(H,23,28)(H,24,26)(H,25,27). The minimum absolute atomic E-state index is 0.182. The van der Waals surface area contributed by atoms with Gasteiger partial charge in [-0.15, -0.1) is 0 Å². The van der Waals surface area contributed by atoms with Gasteiger partial charge in [-0.1, -0.05) is 18.2 Å². The van der Waals surface area contributed by atoms with Crippen LogP contribution in [0, 0.1) is 5.82 Å². The molecule has 2 rings (SSSR count). The molecule has 0 aromatic heterocycles. The van der Waals surface area contributed by atoms with E-state index in [-0.39, 0.29) is 11.3 Å². The number of halogens is 4. The molecule has 0 fully saturated rings. The lowest BCUT2D eigenvalue weighted by Gasteiger charge is -2.11. The van der Waals surface area contributed by atoms with Crippen LogP contribution in [-0.2, 0) is 15.8 Å². The molecule has 11 heteroatoms. The molecule has 2 aromatic rings. The van der Waals surface area contributed by atoms with Crippen LogP contribution in [0.5, 0.6) is 5.75 Å². The van der Waals surface area contributed by atoms with Crippen LogP contribution in [0.15, 0.2) is 48.5 Å². The number of hydrazine groups is 1. The topological polar surface area (TPSA) is 96.5 Å². The zero-order valence-corrected chi connectivity index (χ0v) is 14.7. The van der Waals surface area contributed by atoms with E-state index >= 15 is 0 Å². The maximum atomic E-state index is 13.4. The van der Waals surface area contributed by atoms with Crippen LogP contribution in [0.1, 0.15) is 15.9 Å². The molecule has 154 valence electrons. The first kappa shape index (κ1) is 21.7. The first-order chi connectivity index (χ1) is 13.7. The molecule has 0 bridgehead atoms. The number of alkyl halides is 3. The second-order valence-electron chi connectivity index (χ2n) is 5.57. The van der Waals surface area contributed by atoms with E-state index in [2.05, 4.69) is 5.32 Å². The number of amides is 3. The van der Waals surface area contributed by atoms with Gasteiger partial charge in [0.1, 0.15) is 11.6 Å². The van der Waals surface area contributed by atoms with Crippen LogP contribution in [-0.4, -0.2) is 30.9 Å². The molecule has 0 aliphatic rings. The Labute approximate surface area is 162 Å². The summed E-state index contributed by atoms with van der Waals surface area (Å²) in [4.78, 5) is 34.9. The normalized spacial score (nSPS) is 10.8. The fourth-order valence-electron chi connectivity index (χ4n) is 2.03. The van der Waals surface area contributed by atoms with Crippen molar-refractivity contribution in [3.05, 3.63) is 65.5 Å². The van der Waals surface area contributed by atoms with Crippen LogP contribution in [0.3, 0.4) is 0 Å². The lowest BCUT2D eigenvalue weighted by atomic mass is 10.2. The van der Waals surface area contributed by atoms with Crippen molar-refractivity contribution in [1.29, 1.82) is 0 Å². The minimum Gasteiger partial charge on any atom is -0.484 e. The second kappa shape index (κ2) is 9.53. The van der Waals surface area contributed by atoms with E-state index in [0.29, 0.717) is 0 Å². The van der Waals surface area contributed by atoms with E-state index in [0.717, 1.165) is 24.3 Å². The van der Waals surface area contributed by atoms with E-state index in [4.69, 9.17) is 4.74 Å². The van der Waals surface area contributed by atoms with Crippen molar-refractivity contribution in [2.75, 3.05) is 13.2 Å². The highest BCUT2D eigenvalue weighted by molar-refractivity contribution is 5.96. The number of benzene rings is 2. The number of carbonyl (C=O) groups excluding carboxylic acids is 3. The molecule has 0 saturated heterocycles. The number of hydrogen-bond donors (Lipinski definition) is 3. The van der Waals surface area contributed by atoms with Crippen LogP contribution >= 0.6 is 0 Å².